The van der Waals surface area contributed by atoms with Crippen LogP contribution < -0.4 is 11.1 Å². The van der Waals surface area contributed by atoms with E-state index in [-0.39, 0.29) is 11.9 Å². The highest BCUT2D eigenvalue weighted by Crippen LogP contribution is 2.30. The third-order valence-electron chi connectivity index (χ3n) is 3.55. The monoisotopic (exact) mass is 246 g/mol. The maximum absolute atomic E-state index is 11.6. The number of nitrogens with one attached hydrogen (secondary N) is 1. The van der Waals surface area contributed by atoms with Crippen LogP contribution in [0.1, 0.15) is 43.2 Å². The SMILES string of the molecule is CC(N)CC(=O)NCC1CCCc2ccccc21. The molecule has 1 aliphatic rings. The molecule has 98 valence electrons. The number of hydrogen-bond acceptors (Lipinski definition) is 2. The van der Waals surface area contributed by atoms with Crippen molar-refractivity contribution in [2.45, 2.75) is 44.6 Å². The van der Waals surface area contributed by atoms with Gasteiger partial charge in [-0.25, -0.2) is 0 Å². The summed E-state index contributed by atoms with van der Waals surface area (Å²) in [5, 5.41) is 3.01. The molecule has 2 atom stereocenters. The Hall–Kier alpha value is -1.35. The maximum Gasteiger partial charge on any atom is 0.221 e. The van der Waals surface area contributed by atoms with Crippen molar-refractivity contribution in [2.75, 3.05) is 6.54 Å². The summed E-state index contributed by atoms with van der Waals surface area (Å²) in [6.07, 6.45) is 3.95. The van der Waals surface area contributed by atoms with Crippen molar-refractivity contribution in [3.05, 3.63) is 35.4 Å². The standard InChI is InChI=1S/C15H22N2O/c1-11(16)9-15(18)17-10-13-7-4-6-12-5-2-3-8-14(12)13/h2-3,5,8,11,13H,4,6-7,9-10,16H2,1H3,(H,17,18). The smallest absolute Gasteiger partial charge is 0.221 e. The molecule has 1 aromatic rings. The first-order chi connectivity index (χ1) is 8.66. The fourth-order valence-corrected chi connectivity index (χ4v) is 2.67. The zero-order chi connectivity index (χ0) is 13.0. The summed E-state index contributed by atoms with van der Waals surface area (Å²) in [5.74, 6) is 0.528. The van der Waals surface area contributed by atoms with Gasteiger partial charge < -0.3 is 11.1 Å². The normalized spacial score (nSPS) is 20.0. The van der Waals surface area contributed by atoms with Crippen molar-refractivity contribution in [3.8, 4) is 0 Å². The van der Waals surface area contributed by atoms with Crippen LogP contribution in [0, 0.1) is 0 Å². The lowest BCUT2D eigenvalue weighted by Crippen LogP contribution is -2.33. The molecule has 18 heavy (non-hydrogen) atoms. The van der Waals surface area contributed by atoms with Gasteiger partial charge in [-0.3, -0.25) is 4.79 Å². The van der Waals surface area contributed by atoms with E-state index in [9.17, 15) is 4.79 Å². The number of amides is 1. The quantitative estimate of drug-likeness (QED) is 0.853. The van der Waals surface area contributed by atoms with E-state index in [0.717, 1.165) is 13.0 Å². The molecule has 0 heterocycles. The summed E-state index contributed by atoms with van der Waals surface area (Å²) in [4.78, 5) is 11.6. The van der Waals surface area contributed by atoms with Crippen molar-refractivity contribution in [1.82, 2.24) is 5.32 Å². The Morgan fingerprint density at radius 2 is 2.28 bits per heavy atom. The zero-order valence-electron chi connectivity index (χ0n) is 11.0. The van der Waals surface area contributed by atoms with Crippen LogP contribution in [0.5, 0.6) is 0 Å². The molecule has 0 radical (unpaired) electrons. The van der Waals surface area contributed by atoms with E-state index in [1.54, 1.807) is 0 Å². The molecule has 0 bridgehead atoms. The summed E-state index contributed by atoms with van der Waals surface area (Å²) in [7, 11) is 0. The first kappa shape index (κ1) is 13.1. The lowest BCUT2D eigenvalue weighted by molar-refractivity contribution is -0.121. The van der Waals surface area contributed by atoms with Crippen molar-refractivity contribution in [3.63, 3.8) is 0 Å². The summed E-state index contributed by atoms with van der Waals surface area (Å²) >= 11 is 0. The Kier molecular flexibility index (Phi) is 4.37. The summed E-state index contributed by atoms with van der Waals surface area (Å²) < 4.78 is 0. The molecular formula is C15H22N2O. The molecule has 3 nitrogen and oxygen atoms in total. The van der Waals surface area contributed by atoms with Gasteiger partial charge in [0.1, 0.15) is 0 Å². The van der Waals surface area contributed by atoms with Gasteiger partial charge in [0, 0.05) is 24.9 Å². The number of nitrogens with two attached hydrogens (primary N) is 1. The van der Waals surface area contributed by atoms with E-state index in [1.807, 2.05) is 6.92 Å². The zero-order valence-corrected chi connectivity index (χ0v) is 11.0. The highest BCUT2D eigenvalue weighted by Gasteiger charge is 2.20. The summed E-state index contributed by atoms with van der Waals surface area (Å²) in [5.41, 5.74) is 8.47. The van der Waals surface area contributed by atoms with Crippen molar-refractivity contribution in [1.29, 1.82) is 0 Å². The third kappa shape index (κ3) is 3.33. The molecule has 1 aromatic carbocycles. The second-order valence-corrected chi connectivity index (χ2v) is 5.27. The van der Waals surface area contributed by atoms with Gasteiger partial charge in [-0.05, 0) is 37.3 Å². The van der Waals surface area contributed by atoms with E-state index >= 15 is 0 Å². The van der Waals surface area contributed by atoms with Gasteiger partial charge in [0.15, 0.2) is 0 Å². The van der Waals surface area contributed by atoms with Crippen LogP contribution in [0.2, 0.25) is 0 Å². The van der Waals surface area contributed by atoms with Gasteiger partial charge in [-0.15, -0.1) is 0 Å². The van der Waals surface area contributed by atoms with Gasteiger partial charge in [0.25, 0.3) is 0 Å². The fraction of sp³-hybridized carbons (Fsp3) is 0.533. The topological polar surface area (TPSA) is 55.1 Å². The molecule has 0 spiro atoms. The highest BCUT2D eigenvalue weighted by molar-refractivity contribution is 5.76. The maximum atomic E-state index is 11.6. The number of carbonyl (C=O) groups excluding carboxylic acids is 1. The largest absolute Gasteiger partial charge is 0.355 e. The van der Waals surface area contributed by atoms with E-state index in [1.165, 1.54) is 24.0 Å². The summed E-state index contributed by atoms with van der Waals surface area (Å²) in [6.45, 7) is 2.60. The van der Waals surface area contributed by atoms with Crippen LogP contribution in [0.25, 0.3) is 0 Å². The minimum absolute atomic E-state index is 0.0630. The third-order valence-corrected chi connectivity index (χ3v) is 3.55. The van der Waals surface area contributed by atoms with E-state index in [2.05, 4.69) is 29.6 Å². The fourth-order valence-electron chi connectivity index (χ4n) is 2.67. The van der Waals surface area contributed by atoms with Crippen LogP contribution in [-0.4, -0.2) is 18.5 Å². The molecule has 1 aliphatic carbocycles. The Morgan fingerprint density at radius 3 is 3.06 bits per heavy atom. The van der Waals surface area contributed by atoms with Gasteiger partial charge in [0.05, 0.1) is 0 Å². The number of carbonyl (C=O) groups is 1. The average molecular weight is 246 g/mol. The highest BCUT2D eigenvalue weighted by atomic mass is 16.1. The van der Waals surface area contributed by atoms with Crippen molar-refractivity contribution < 1.29 is 4.79 Å². The summed E-state index contributed by atoms with van der Waals surface area (Å²) in [6, 6.07) is 8.50. The molecule has 3 N–H and O–H groups in total. The number of rotatable bonds is 4. The van der Waals surface area contributed by atoms with Gasteiger partial charge >= 0.3 is 0 Å². The van der Waals surface area contributed by atoms with E-state index in [4.69, 9.17) is 5.73 Å². The molecule has 0 saturated heterocycles. The van der Waals surface area contributed by atoms with Crippen LogP contribution in [0.3, 0.4) is 0 Å². The van der Waals surface area contributed by atoms with Crippen molar-refractivity contribution >= 4 is 5.91 Å². The molecular weight excluding hydrogens is 224 g/mol. The Bertz CT molecular complexity index is 415. The van der Waals surface area contributed by atoms with Gasteiger partial charge in [-0.2, -0.15) is 0 Å². The molecule has 1 amide bonds. The minimum Gasteiger partial charge on any atom is -0.355 e. The lowest BCUT2D eigenvalue weighted by atomic mass is 9.83. The predicted octanol–water partition coefficient (Wildman–Crippen LogP) is 1.96. The van der Waals surface area contributed by atoms with Crippen LogP contribution in [0.15, 0.2) is 24.3 Å². The molecule has 0 aliphatic heterocycles. The van der Waals surface area contributed by atoms with Gasteiger partial charge in [0.2, 0.25) is 5.91 Å². The molecule has 2 unspecified atom stereocenters. The average Bonchev–Trinajstić information content (AvgIpc) is 2.35. The second-order valence-electron chi connectivity index (χ2n) is 5.27. The minimum atomic E-state index is -0.0661. The number of aryl methyl sites for hydroxylation is 1. The second kappa shape index (κ2) is 6.01. The molecule has 0 saturated carbocycles. The molecule has 2 rings (SSSR count). The lowest BCUT2D eigenvalue weighted by Gasteiger charge is -2.25. The Morgan fingerprint density at radius 1 is 1.50 bits per heavy atom. The van der Waals surface area contributed by atoms with Crippen molar-refractivity contribution in [2.24, 2.45) is 5.73 Å². The number of hydrogen-bond donors (Lipinski definition) is 2. The van der Waals surface area contributed by atoms with Crippen LogP contribution in [-0.2, 0) is 11.2 Å². The number of fused-ring (bicyclic) bond motifs is 1. The van der Waals surface area contributed by atoms with Crippen LogP contribution >= 0.6 is 0 Å². The molecule has 0 fully saturated rings. The van der Waals surface area contributed by atoms with Crippen LogP contribution in [0.4, 0.5) is 0 Å². The first-order valence-corrected chi connectivity index (χ1v) is 6.77. The Labute approximate surface area is 109 Å². The number of benzene rings is 1. The molecule has 0 aromatic heterocycles. The Balaban J connectivity index is 1.93. The first-order valence-electron chi connectivity index (χ1n) is 6.77. The van der Waals surface area contributed by atoms with E-state index in [0.29, 0.717) is 12.3 Å². The van der Waals surface area contributed by atoms with Gasteiger partial charge in [-0.1, -0.05) is 24.3 Å². The van der Waals surface area contributed by atoms with E-state index < -0.39 is 0 Å². The molecule has 3 heteroatoms. The predicted molar refractivity (Wildman–Crippen MR) is 73.4 cm³/mol.